The van der Waals surface area contributed by atoms with Gasteiger partial charge in [-0.2, -0.15) is 13.2 Å². The zero-order valence-electron chi connectivity index (χ0n) is 10.5. The van der Waals surface area contributed by atoms with Crippen molar-refractivity contribution in [3.05, 3.63) is 29.8 Å². The molecule has 1 aromatic rings. The maximum atomic E-state index is 12.4. The van der Waals surface area contributed by atoms with Crippen molar-refractivity contribution in [2.24, 2.45) is 5.73 Å². The molecule has 1 aromatic carbocycles. The first-order chi connectivity index (χ1) is 8.98. The Labute approximate surface area is 110 Å². The highest BCUT2D eigenvalue weighted by molar-refractivity contribution is 5.37. The molecule has 0 fully saturated rings. The molecule has 6 heteroatoms. The Morgan fingerprint density at radius 2 is 2.05 bits per heavy atom. The molecule has 1 heterocycles. The van der Waals surface area contributed by atoms with E-state index in [4.69, 9.17) is 10.5 Å². The molecular weight excluding hydrogens is 257 g/mol. The van der Waals surface area contributed by atoms with Crippen LogP contribution in [0.15, 0.2) is 24.3 Å². The van der Waals surface area contributed by atoms with Crippen LogP contribution in [0.2, 0.25) is 0 Å². The van der Waals surface area contributed by atoms with E-state index in [2.05, 4.69) is 0 Å². The fourth-order valence-electron chi connectivity index (χ4n) is 2.31. The van der Waals surface area contributed by atoms with Crippen LogP contribution in [0, 0.1) is 0 Å². The van der Waals surface area contributed by atoms with E-state index < -0.39 is 12.7 Å². The molecule has 0 spiro atoms. The molecule has 0 amide bonds. The Balaban J connectivity index is 1.93. The molecule has 0 saturated carbocycles. The van der Waals surface area contributed by atoms with Crippen LogP contribution in [0.3, 0.4) is 0 Å². The normalized spacial score (nSPS) is 18.5. The van der Waals surface area contributed by atoms with Crippen LogP contribution < -0.4 is 10.5 Å². The lowest BCUT2D eigenvalue weighted by molar-refractivity contribution is -0.147. The van der Waals surface area contributed by atoms with Crippen molar-refractivity contribution in [1.29, 1.82) is 0 Å². The summed E-state index contributed by atoms with van der Waals surface area (Å²) in [5, 5.41) is 0. The molecule has 0 saturated heterocycles. The fourth-order valence-corrected chi connectivity index (χ4v) is 2.31. The predicted molar refractivity (Wildman–Crippen MR) is 66.1 cm³/mol. The molecule has 0 bridgehead atoms. The van der Waals surface area contributed by atoms with E-state index in [1.54, 1.807) is 0 Å². The van der Waals surface area contributed by atoms with Gasteiger partial charge < -0.3 is 10.5 Å². The molecule has 1 aliphatic heterocycles. The van der Waals surface area contributed by atoms with Gasteiger partial charge in [0.2, 0.25) is 0 Å². The summed E-state index contributed by atoms with van der Waals surface area (Å²) in [6, 6.07) is 7.53. The molecule has 1 atom stereocenters. The van der Waals surface area contributed by atoms with E-state index in [9.17, 15) is 13.2 Å². The molecule has 19 heavy (non-hydrogen) atoms. The average molecular weight is 274 g/mol. The van der Waals surface area contributed by atoms with Gasteiger partial charge in [-0.1, -0.05) is 18.2 Å². The quantitative estimate of drug-likeness (QED) is 0.890. The van der Waals surface area contributed by atoms with Gasteiger partial charge in [-0.05, 0) is 11.6 Å². The van der Waals surface area contributed by atoms with Crippen LogP contribution in [0.25, 0.3) is 0 Å². The number of hydrogen-bond acceptors (Lipinski definition) is 3. The third-order valence-corrected chi connectivity index (χ3v) is 3.02. The zero-order chi connectivity index (χ0) is 13.9. The van der Waals surface area contributed by atoms with E-state index in [0.29, 0.717) is 6.42 Å². The van der Waals surface area contributed by atoms with Gasteiger partial charge in [-0.15, -0.1) is 0 Å². The smallest absolute Gasteiger partial charge is 0.401 e. The number of halogens is 3. The van der Waals surface area contributed by atoms with Crippen molar-refractivity contribution in [1.82, 2.24) is 4.90 Å². The van der Waals surface area contributed by atoms with Crippen LogP contribution in [0.4, 0.5) is 13.2 Å². The van der Waals surface area contributed by atoms with Gasteiger partial charge in [-0.3, -0.25) is 4.90 Å². The number of alkyl halides is 3. The summed E-state index contributed by atoms with van der Waals surface area (Å²) in [5.74, 6) is 0.771. The Hall–Kier alpha value is -1.27. The van der Waals surface area contributed by atoms with Crippen molar-refractivity contribution in [3.8, 4) is 5.75 Å². The second kappa shape index (κ2) is 5.79. The van der Waals surface area contributed by atoms with Gasteiger partial charge in [0.1, 0.15) is 11.9 Å². The van der Waals surface area contributed by atoms with Crippen molar-refractivity contribution in [3.63, 3.8) is 0 Å². The van der Waals surface area contributed by atoms with Crippen molar-refractivity contribution in [2.75, 3.05) is 26.2 Å². The molecule has 1 unspecified atom stereocenters. The highest BCUT2D eigenvalue weighted by atomic mass is 19.4. The first-order valence-electron chi connectivity index (χ1n) is 6.21. The summed E-state index contributed by atoms with van der Waals surface area (Å²) in [6.45, 7) is -0.280. The van der Waals surface area contributed by atoms with Crippen LogP contribution >= 0.6 is 0 Å². The maximum Gasteiger partial charge on any atom is 0.401 e. The molecule has 0 aromatic heterocycles. The molecule has 106 valence electrons. The highest BCUT2D eigenvalue weighted by Gasteiger charge is 2.33. The minimum absolute atomic E-state index is 0.204. The summed E-state index contributed by atoms with van der Waals surface area (Å²) in [5.41, 5.74) is 6.41. The van der Waals surface area contributed by atoms with Crippen LogP contribution in [0.1, 0.15) is 5.56 Å². The number of para-hydroxylation sites is 1. The summed E-state index contributed by atoms with van der Waals surface area (Å²) >= 11 is 0. The summed E-state index contributed by atoms with van der Waals surface area (Å²) in [4.78, 5) is 1.30. The van der Waals surface area contributed by atoms with Gasteiger partial charge >= 0.3 is 6.18 Å². The molecule has 2 N–H and O–H groups in total. The molecular formula is C13H17F3N2O. The third-order valence-electron chi connectivity index (χ3n) is 3.02. The van der Waals surface area contributed by atoms with Crippen molar-refractivity contribution in [2.45, 2.75) is 18.7 Å². The molecule has 3 nitrogen and oxygen atoms in total. The van der Waals surface area contributed by atoms with E-state index in [1.165, 1.54) is 4.90 Å². The maximum absolute atomic E-state index is 12.4. The lowest BCUT2D eigenvalue weighted by Gasteiger charge is -2.25. The molecule has 0 radical (unpaired) electrons. The van der Waals surface area contributed by atoms with Crippen molar-refractivity contribution < 1.29 is 17.9 Å². The number of nitrogens with zero attached hydrogens (tertiary/aromatic N) is 1. The number of fused-ring (bicyclic) bond motifs is 1. The van der Waals surface area contributed by atoms with E-state index in [0.717, 1.165) is 11.3 Å². The minimum atomic E-state index is -4.21. The Kier molecular flexibility index (Phi) is 4.31. The highest BCUT2D eigenvalue weighted by Crippen LogP contribution is 2.28. The zero-order valence-corrected chi connectivity index (χ0v) is 10.5. The van der Waals surface area contributed by atoms with E-state index in [1.807, 2.05) is 24.3 Å². The third kappa shape index (κ3) is 4.11. The van der Waals surface area contributed by atoms with Gasteiger partial charge in [0.15, 0.2) is 0 Å². The van der Waals surface area contributed by atoms with E-state index in [-0.39, 0.29) is 25.7 Å². The largest absolute Gasteiger partial charge is 0.488 e. The standard InChI is InChI=1S/C13H17F3N2O/c14-13(15,16)9-18(6-5-17)8-11-7-10-3-1-2-4-12(10)19-11/h1-4,11H,5-9,17H2. The predicted octanol–water partition coefficient (Wildman–Crippen LogP) is 1.81. The number of rotatable bonds is 5. The molecule has 0 aliphatic carbocycles. The molecule has 1 aliphatic rings. The fraction of sp³-hybridized carbons (Fsp3) is 0.538. The number of ether oxygens (including phenoxy) is 1. The number of benzene rings is 1. The minimum Gasteiger partial charge on any atom is -0.488 e. The van der Waals surface area contributed by atoms with Gasteiger partial charge in [-0.25, -0.2) is 0 Å². The Morgan fingerprint density at radius 3 is 2.68 bits per heavy atom. The monoisotopic (exact) mass is 274 g/mol. The lowest BCUT2D eigenvalue weighted by atomic mass is 10.1. The summed E-state index contributed by atoms with van der Waals surface area (Å²) < 4.78 is 43.0. The Morgan fingerprint density at radius 1 is 1.32 bits per heavy atom. The average Bonchev–Trinajstić information content (AvgIpc) is 2.69. The van der Waals surface area contributed by atoms with Gasteiger partial charge in [0.25, 0.3) is 0 Å². The first-order valence-corrected chi connectivity index (χ1v) is 6.21. The molecule has 2 rings (SSSR count). The lowest BCUT2D eigenvalue weighted by Crippen LogP contribution is -2.43. The van der Waals surface area contributed by atoms with Crippen molar-refractivity contribution >= 4 is 0 Å². The topological polar surface area (TPSA) is 38.5 Å². The summed E-state index contributed by atoms with van der Waals surface area (Å²) in [7, 11) is 0. The number of nitrogens with two attached hydrogens (primary N) is 1. The first kappa shape index (κ1) is 14.1. The SMILES string of the molecule is NCCN(CC1Cc2ccccc2O1)CC(F)(F)F. The van der Waals surface area contributed by atoms with Gasteiger partial charge in [0, 0.05) is 26.1 Å². The number of hydrogen-bond donors (Lipinski definition) is 1. The summed E-state index contributed by atoms with van der Waals surface area (Å²) in [6.07, 6.45) is -3.79. The van der Waals surface area contributed by atoms with E-state index >= 15 is 0 Å². The van der Waals surface area contributed by atoms with Gasteiger partial charge in [0.05, 0.1) is 6.54 Å². The van der Waals surface area contributed by atoms with Crippen LogP contribution in [-0.2, 0) is 6.42 Å². The second-order valence-corrected chi connectivity index (χ2v) is 4.69. The Bertz CT molecular complexity index is 398. The van der Waals surface area contributed by atoms with Crippen LogP contribution in [-0.4, -0.2) is 43.4 Å². The second-order valence-electron chi connectivity index (χ2n) is 4.69. The van der Waals surface area contributed by atoms with Crippen LogP contribution in [0.5, 0.6) is 5.75 Å².